The van der Waals surface area contributed by atoms with Gasteiger partial charge in [-0.2, -0.15) is 0 Å². The van der Waals surface area contributed by atoms with Crippen LogP contribution in [0.15, 0.2) is 78.5 Å². The molecule has 0 spiro atoms. The molecule has 0 aromatic carbocycles. The third kappa shape index (κ3) is 6.61. The van der Waals surface area contributed by atoms with Crippen molar-refractivity contribution in [1.82, 2.24) is 9.88 Å². The average molecular weight is 423 g/mol. The summed E-state index contributed by atoms with van der Waals surface area (Å²) >= 11 is 0. The molecule has 1 aliphatic rings. The Hall–Kier alpha value is -3.36. The SMILES string of the molecule is C=C(F)C(=O)N1CC=C(/C(=C/C=C\C)C(=C)Nc2ccc(OC(F)(F)F)nc2)CC1. The molecule has 0 radical (unpaired) electrons. The minimum atomic E-state index is -4.81. The summed E-state index contributed by atoms with van der Waals surface area (Å²) in [6, 6.07) is 2.47. The number of pyridine rings is 1. The van der Waals surface area contributed by atoms with Crippen LogP contribution in [0.5, 0.6) is 5.88 Å². The molecule has 2 heterocycles. The molecule has 0 atom stereocenters. The third-order valence-corrected chi connectivity index (χ3v) is 4.11. The monoisotopic (exact) mass is 423 g/mol. The van der Waals surface area contributed by atoms with Crippen molar-refractivity contribution in [3.05, 3.63) is 78.5 Å². The zero-order valence-electron chi connectivity index (χ0n) is 16.3. The number of carbonyl (C=O) groups excluding carboxylic acids is 1. The van der Waals surface area contributed by atoms with Crippen molar-refractivity contribution < 1.29 is 27.1 Å². The molecule has 0 fully saturated rings. The number of nitrogens with one attached hydrogen (secondary N) is 1. The largest absolute Gasteiger partial charge is 0.574 e. The number of nitrogens with zero attached hydrogens (tertiary/aromatic N) is 2. The number of allylic oxidation sites excluding steroid dienone is 4. The number of ether oxygens (including phenoxy) is 1. The van der Waals surface area contributed by atoms with Gasteiger partial charge in [0.25, 0.3) is 5.91 Å². The molecule has 0 saturated heterocycles. The summed E-state index contributed by atoms with van der Waals surface area (Å²) in [6.07, 6.45) is 4.10. The Labute approximate surface area is 171 Å². The van der Waals surface area contributed by atoms with Gasteiger partial charge in [0, 0.05) is 30.4 Å². The maximum absolute atomic E-state index is 13.1. The normalized spacial score (nSPS) is 15.0. The molecule has 30 heavy (non-hydrogen) atoms. The van der Waals surface area contributed by atoms with E-state index in [9.17, 15) is 22.4 Å². The molecule has 1 aliphatic heterocycles. The second-order valence-electron chi connectivity index (χ2n) is 6.28. The topological polar surface area (TPSA) is 54.5 Å². The van der Waals surface area contributed by atoms with E-state index in [1.165, 1.54) is 17.2 Å². The zero-order valence-corrected chi connectivity index (χ0v) is 16.3. The lowest BCUT2D eigenvalue weighted by atomic mass is 9.96. The van der Waals surface area contributed by atoms with Crippen LogP contribution in [-0.4, -0.2) is 35.2 Å². The van der Waals surface area contributed by atoms with Crippen LogP contribution in [0.4, 0.5) is 23.2 Å². The van der Waals surface area contributed by atoms with Gasteiger partial charge in [-0.25, -0.2) is 9.37 Å². The van der Waals surface area contributed by atoms with E-state index in [4.69, 9.17) is 0 Å². The molecular weight excluding hydrogens is 402 g/mol. The molecule has 0 bridgehead atoms. The first-order chi connectivity index (χ1) is 14.1. The van der Waals surface area contributed by atoms with Crippen LogP contribution < -0.4 is 10.1 Å². The van der Waals surface area contributed by atoms with Crippen LogP contribution in [0.25, 0.3) is 0 Å². The van der Waals surface area contributed by atoms with Gasteiger partial charge in [0.05, 0.1) is 11.9 Å². The van der Waals surface area contributed by atoms with E-state index in [1.54, 1.807) is 6.08 Å². The molecule has 9 heteroatoms. The van der Waals surface area contributed by atoms with Gasteiger partial charge in [0.2, 0.25) is 5.88 Å². The maximum atomic E-state index is 13.1. The zero-order chi connectivity index (χ0) is 22.3. The minimum Gasteiger partial charge on any atom is -0.388 e. The van der Waals surface area contributed by atoms with Gasteiger partial charge in [0.1, 0.15) is 0 Å². The lowest BCUT2D eigenvalue weighted by Crippen LogP contribution is -2.35. The lowest BCUT2D eigenvalue weighted by molar-refractivity contribution is -0.276. The van der Waals surface area contributed by atoms with Gasteiger partial charge in [-0.15, -0.1) is 13.2 Å². The molecule has 1 N–H and O–H groups in total. The number of alkyl halides is 3. The first-order valence-electron chi connectivity index (χ1n) is 8.95. The summed E-state index contributed by atoms with van der Waals surface area (Å²) in [7, 11) is 0. The van der Waals surface area contributed by atoms with E-state index in [1.807, 2.05) is 25.2 Å². The molecule has 0 aliphatic carbocycles. The van der Waals surface area contributed by atoms with E-state index < -0.39 is 24.0 Å². The Morgan fingerprint density at radius 3 is 2.57 bits per heavy atom. The highest BCUT2D eigenvalue weighted by Crippen LogP contribution is 2.27. The van der Waals surface area contributed by atoms with Crippen LogP contribution >= 0.6 is 0 Å². The smallest absolute Gasteiger partial charge is 0.388 e. The number of anilines is 1. The van der Waals surface area contributed by atoms with E-state index >= 15 is 0 Å². The number of amides is 1. The molecule has 0 saturated carbocycles. The second-order valence-corrected chi connectivity index (χ2v) is 6.28. The van der Waals surface area contributed by atoms with Gasteiger partial charge >= 0.3 is 6.36 Å². The molecule has 5 nitrogen and oxygen atoms in total. The molecule has 160 valence electrons. The Morgan fingerprint density at radius 2 is 2.07 bits per heavy atom. The van der Waals surface area contributed by atoms with Crippen LogP contribution in [0.3, 0.4) is 0 Å². The highest BCUT2D eigenvalue weighted by molar-refractivity contribution is 5.90. The Balaban J connectivity index is 2.13. The van der Waals surface area contributed by atoms with Crippen molar-refractivity contribution in [3.63, 3.8) is 0 Å². The highest BCUT2D eigenvalue weighted by Gasteiger charge is 2.31. The molecule has 1 aromatic heterocycles. The van der Waals surface area contributed by atoms with Gasteiger partial charge in [-0.1, -0.05) is 37.5 Å². The number of hydrogen-bond donors (Lipinski definition) is 1. The van der Waals surface area contributed by atoms with Gasteiger partial charge in [0.15, 0.2) is 5.83 Å². The Kier molecular flexibility index (Phi) is 7.57. The van der Waals surface area contributed by atoms with Crippen molar-refractivity contribution in [2.45, 2.75) is 19.7 Å². The minimum absolute atomic E-state index is 0.225. The number of hydrogen-bond acceptors (Lipinski definition) is 4. The Bertz CT molecular complexity index is 900. The van der Waals surface area contributed by atoms with Crippen LogP contribution in [0.2, 0.25) is 0 Å². The summed E-state index contributed by atoms with van der Waals surface area (Å²) in [5.74, 6) is -2.32. The number of aromatic nitrogens is 1. The van der Waals surface area contributed by atoms with Crippen molar-refractivity contribution in [3.8, 4) is 5.88 Å². The number of halogens is 4. The fourth-order valence-electron chi connectivity index (χ4n) is 2.74. The predicted octanol–water partition coefficient (Wildman–Crippen LogP) is 5.05. The highest BCUT2D eigenvalue weighted by atomic mass is 19.4. The molecule has 1 amide bonds. The van der Waals surface area contributed by atoms with Gasteiger partial charge < -0.3 is 15.0 Å². The maximum Gasteiger partial charge on any atom is 0.574 e. The quantitative estimate of drug-likeness (QED) is 0.379. The van der Waals surface area contributed by atoms with Crippen LogP contribution in [0.1, 0.15) is 13.3 Å². The number of rotatable bonds is 7. The van der Waals surface area contributed by atoms with Crippen LogP contribution in [-0.2, 0) is 4.79 Å². The summed E-state index contributed by atoms with van der Waals surface area (Å²) in [6.45, 7) is 9.41. The average Bonchev–Trinajstić information content (AvgIpc) is 2.68. The van der Waals surface area contributed by atoms with E-state index in [0.717, 1.165) is 17.2 Å². The van der Waals surface area contributed by atoms with Crippen molar-refractivity contribution in [1.29, 1.82) is 0 Å². The predicted molar refractivity (Wildman–Crippen MR) is 106 cm³/mol. The van der Waals surface area contributed by atoms with Crippen molar-refractivity contribution in [2.24, 2.45) is 0 Å². The fraction of sp³-hybridized carbons (Fsp3) is 0.238. The molecule has 1 aromatic rings. The standard InChI is InChI=1S/C21H21F4N3O2/c1-4-5-6-18(16-9-11-28(12-10-16)20(29)14(2)22)15(3)27-17-7-8-19(26-13-17)30-21(23,24)25/h4-9,13,27H,2-3,10-12H2,1H3/b5-4-,18-6+. The first kappa shape index (κ1) is 22.9. The van der Waals surface area contributed by atoms with E-state index in [0.29, 0.717) is 24.4 Å². The second kappa shape index (κ2) is 9.91. The first-order valence-corrected chi connectivity index (χ1v) is 8.95. The summed E-state index contributed by atoms with van der Waals surface area (Å²) < 4.78 is 53.5. The molecule has 0 unspecified atom stereocenters. The molecule has 2 rings (SSSR count). The van der Waals surface area contributed by atoms with E-state index in [2.05, 4.69) is 28.2 Å². The van der Waals surface area contributed by atoms with Gasteiger partial charge in [-0.05, 0) is 25.0 Å². The van der Waals surface area contributed by atoms with Crippen LogP contribution in [0, 0.1) is 0 Å². The Morgan fingerprint density at radius 1 is 1.33 bits per heavy atom. The lowest BCUT2D eigenvalue weighted by Gasteiger charge is -2.27. The summed E-state index contributed by atoms with van der Waals surface area (Å²) in [4.78, 5) is 16.7. The summed E-state index contributed by atoms with van der Waals surface area (Å²) in [5, 5.41) is 3.00. The third-order valence-electron chi connectivity index (χ3n) is 4.11. The number of carbonyl (C=O) groups is 1. The van der Waals surface area contributed by atoms with Crippen molar-refractivity contribution in [2.75, 3.05) is 18.4 Å². The fourth-order valence-corrected chi connectivity index (χ4v) is 2.74. The summed E-state index contributed by atoms with van der Waals surface area (Å²) in [5.41, 5.74) is 2.54. The van der Waals surface area contributed by atoms with Crippen molar-refractivity contribution >= 4 is 11.6 Å². The molecular formula is C21H21F4N3O2. The van der Waals surface area contributed by atoms with E-state index in [-0.39, 0.29) is 6.54 Å². The van der Waals surface area contributed by atoms with Gasteiger partial charge in [-0.3, -0.25) is 4.79 Å².